The van der Waals surface area contributed by atoms with Crippen LogP contribution in [0.2, 0.25) is 0 Å². The molecule has 0 saturated heterocycles. The van der Waals surface area contributed by atoms with Gasteiger partial charge in [0, 0.05) is 12.0 Å². The van der Waals surface area contributed by atoms with Gasteiger partial charge in [0.15, 0.2) is 28.4 Å². The van der Waals surface area contributed by atoms with E-state index in [0.717, 1.165) is 0 Å². The first kappa shape index (κ1) is 20.1. The van der Waals surface area contributed by atoms with Crippen molar-refractivity contribution < 1.29 is 13.7 Å². The summed E-state index contributed by atoms with van der Waals surface area (Å²) in [6.07, 6.45) is 1.74. The number of benzene rings is 1. The molecule has 0 fully saturated rings. The topological polar surface area (TPSA) is 78.9 Å². The zero-order valence-corrected chi connectivity index (χ0v) is 16.9. The molecule has 0 N–H and O–H groups in total. The third kappa shape index (κ3) is 4.78. The Morgan fingerprint density at radius 3 is 2.75 bits per heavy atom. The van der Waals surface area contributed by atoms with E-state index in [2.05, 4.69) is 26.9 Å². The smallest absolute Gasteiger partial charge is 0.232 e. The van der Waals surface area contributed by atoms with Crippen molar-refractivity contribution in [3.63, 3.8) is 0 Å². The van der Waals surface area contributed by atoms with Gasteiger partial charge in [-0.05, 0) is 12.1 Å². The van der Waals surface area contributed by atoms with Gasteiger partial charge in [0.1, 0.15) is 6.61 Å². The summed E-state index contributed by atoms with van der Waals surface area (Å²) in [5.41, 5.74) is -0.198. The average Bonchev–Trinajstić information content (AvgIpc) is 3.27. The van der Waals surface area contributed by atoms with Gasteiger partial charge < -0.3 is 9.26 Å². The molecule has 0 saturated carbocycles. The Hall–Kier alpha value is -2.68. The largest absolute Gasteiger partial charge is 0.483 e. The van der Waals surface area contributed by atoms with Crippen LogP contribution < -0.4 is 4.74 Å². The molecule has 0 radical (unpaired) electrons. The molecule has 3 aromatic rings. The maximum absolute atomic E-state index is 13.7. The molecule has 2 aromatic heterocycles. The summed E-state index contributed by atoms with van der Waals surface area (Å²) in [6.45, 7) is 10.4. The Morgan fingerprint density at radius 1 is 1.29 bits per heavy atom. The molecule has 0 unspecified atom stereocenters. The van der Waals surface area contributed by atoms with E-state index < -0.39 is 5.82 Å². The molecule has 9 heteroatoms. The summed E-state index contributed by atoms with van der Waals surface area (Å²) in [7, 11) is 0. The Morgan fingerprint density at radius 2 is 2.07 bits per heavy atom. The van der Waals surface area contributed by atoms with Crippen LogP contribution in [0.1, 0.15) is 38.3 Å². The molecule has 3 rings (SSSR count). The molecule has 2 heterocycles. The second kappa shape index (κ2) is 8.55. The lowest BCUT2D eigenvalue weighted by Crippen LogP contribution is -2.11. The first-order chi connectivity index (χ1) is 13.4. The minimum atomic E-state index is -0.418. The van der Waals surface area contributed by atoms with E-state index >= 15 is 0 Å². The van der Waals surface area contributed by atoms with Crippen molar-refractivity contribution in [2.45, 2.75) is 50.2 Å². The van der Waals surface area contributed by atoms with Crippen molar-refractivity contribution in [3.05, 3.63) is 60.3 Å². The third-order valence-corrected chi connectivity index (χ3v) is 4.70. The maximum atomic E-state index is 13.7. The molecular weight excluding hydrogens is 381 g/mol. The normalized spacial score (nSPS) is 11.6. The predicted molar refractivity (Wildman–Crippen MR) is 104 cm³/mol. The molecule has 0 spiro atoms. The molecule has 0 aliphatic heterocycles. The number of halogens is 1. The van der Waals surface area contributed by atoms with Crippen molar-refractivity contribution in [2.24, 2.45) is 0 Å². The second-order valence-corrected chi connectivity index (χ2v) is 8.01. The monoisotopic (exact) mass is 403 g/mol. The van der Waals surface area contributed by atoms with Gasteiger partial charge in [0.25, 0.3) is 0 Å². The fourth-order valence-corrected chi connectivity index (χ4v) is 3.11. The van der Waals surface area contributed by atoms with Crippen LogP contribution in [0.5, 0.6) is 5.75 Å². The van der Waals surface area contributed by atoms with Gasteiger partial charge in [-0.1, -0.05) is 55.9 Å². The molecule has 1 aromatic carbocycles. The zero-order chi connectivity index (χ0) is 20.1. The Bertz CT molecular complexity index is 948. The molecule has 0 aliphatic rings. The predicted octanol–water partition coefficient (Wildman–Crippen LogP) is 4.16. The number of nitrogens with zero attached hydrogens (tertiary/aromatic N) is 5. The number of thioether (sulfide) groups is 1. The average molecular weight is 403 g/mol. The molecule has 148 valence electrons. The van der Waals surface area contributed by atoms with Gasteiger partial charge in [-0.2, -0.15) is 4.98 Å². The first-order valence-corrected chi connectivity index (χ1v) is 9.73. The minimum absolute atomic E-state index is 0.0959. The van der Waals surface area contributed by atoms with Crippen LogP contribution >= 0.6 is 11.8 Å². The van der Waals surface area contributed by atoms with Crippen LogP contribution in [0, 0.1) is 5.82 Å². The SMILES string of the molecule is C=CCn1c(COc2ccccc2F)nnc1SCc1noc(C(C)(C)C)n1. The fourth-order valence-electron chi connectivity index (χ4n) is 2.30. The number of allylic oxidation sites excluding steroid dienone is 1. The van der Waals surface area contributed by atoms with Crippen molar-refractivity contribution in [2.75, 3.05) is 0 Å². The highest BCUT2D eigenvalue weighted by Crippen LogP contribution is 2.25. The molecule has 0 bridgehead atoms. The zero-order valence-electron chi connectivity index (χ0n) is 16.1. The number of ether oxygens (including phenoxy) is 1. The number of rotatable bonds is 8. The highest BCUT2D eigenvalue weighted by molar-refractivity contribution is 7.98. The molecule has 0 atom stereocenters. The molecule has 7 nitrogen and oxygen atoms in total. The van der Waals surface area contributed by atoms with Crippen molar-refractivity contribution in [1.29, 1.82) is 0 Å². The van der Waals surface area contributed by atoms with E-state index in [1.165, 1.54) is 17.8 Å². The Kier molecular flexibility index (Phi) is 6.13. The van der Waals surface area contributed by atoms with Crippen molar-refractivity contribution >= 4 is 11.8 Å². The van der Waals surface area contributed by atoms with Gasteiger partial charge in [0.2, 0.25) is 5.89 Å². The van der Waals surface area contributed by atoms with Crippen molar-refractivity contribution in [1.82, 2.24) is 24.9 Å². The first-order valence-electron chi connectivity index (χ1n) is 8.74. The van der Waals surface area contributed by atoms with E-state index in [0.29, 0.717) is 35.0 Å². The highest BCUT2D eigenvalue weighted by Gasteiger charge is 2.22. The number of hydrogen-bond acceptors (Lipinski definition) is 7. The van der Waals surface area contributed by atoms with Crippen LogP contribution in [0.15, 0.2) is 46.6 Å². The summed E-state index contributed by atoms with van der Waals surface area (Å²) in [5, 5.41) is 13.1. The Labute approximate surface area is 167 Å². The van der Waals surface area contributed by atoms with E-state index in [1.54, 1.807) is 24.3 Å². The van der Waals surface area contributed by atoms with E-state index in [1.807, 2.05) is 25.3 Å². The van der Waals surface area contributed by atoms with Gasteiger partial charge in [0.05, 0.1) is 5.75 Å². The minimum Gasteiger partial charge on any atom is -0.483 e. The van der Waals surface area contributed by atoms with Crippen LogP contribution in [-0.2, 0) is 24.3 Å². The third-order valence-electron chi connectivity index (χ3n) is 3.74. The highest BCUT2D eigenvalue weighted by atomic mass is 32.2. The fraction of sp³-hybridized carbons (Fsp3) is 0.368. The van der Waals surface area contributed by atoms with Gasteiger partial charge in [-0.15, -0.1) is 16.8 Å². The maximum Gasteiger partial charge on any atom is 0.232 e. The summed E-state index contributed by atoms with van der Waals surface area (Å²) in [4.78, 5) is 4.42. The van der Waals surface area contributed by atoms with E-state index in [9.17, 15) is 4.39 Å². The standard InChI is InChI=1S/C19H22FN5O2S/c1-5-10-25-16(11-26-14-9-7-6-8-13(14)20)22-23-18(25)28-12-15-21-17(27-24-15)19(2,3)4/h5-9H,1,10-12H2,2-4H3. The van der Waals surface area contributed by atoms with Crippen LogP contribution in [0.25, 0.3) is 0 Å². The summed E-state index contributed by atoms with van der Waals surface area (Å²) < 4.78 is 26.4. The van der Waals surface area contributed by atoms with Crippen LogP contribution in [0.4, 0.5) is 4.39 Å². The lowest BCUT2D eigenvalue weighted by Gasteiger charge is -2.10. The number of hydrogen-bond donors (Lipinski definition) is 0. The lowest BCUT2D eigenvalue weighted by atomic mass is 9.97. The molecule has 0 aliphatic carbocycles. The number of para-hydroxylation sites is 1. The quantitative estimate of drug-likeness (QED) is 0.413. The van der Waals surface area contributed by atoms with Crippen molar-refractivity contribution in [3.8, 4) is 5.75 Å². The molecule has 0 amide bonds. The van der Waals surface area contributed by atoms with Gasteiger partial charge in [-0.25, -0.2) is 4.39 Å². The van der Waals surface area contributed by atoms with E-state index in [-0.39, 0.29) is 17.8 Å². The van der Waals surface area contributed by atoms with Crippen LogP contribution in [-0.4, -0.2) is 24.9 Å². The summed E-state index contributed by atoms with van der Waals surface area (Å²) in [6, 6.07) is 6.25. The molecular formula is C19H22FN5O2S. The van der Waals surface area contributed by atoms with E-state index in [4.69, 9.17) is 9.26 Å². The van der Waals surface area contributed by atoms with Crippen LogP contribution in [0.3, 0.4) is 0 Å². The lowest BCUT2D eigenvalue weighted by molar-refractivity contribution is 0.275. The second-order valence-electron chi connectivity index (χ2n) is 7.07. The van der Waals surface area contributed by atoms with Gasteiger partial charge in [-0.3, -0.25) is 4.57 Å². The summed E-state index contributed by atoms with van der Waals surface area (Å²) in [5.74, 6) is 2.00. The molecule has 28 heavy (non-hydrogen) atoms. The van der Waals surface area contributed by atoms with Gasteiger partial charge >= 0.3 is 0 Å². The number of aromatic nitrogens is 5. The summed E-state index contributed by atoms with van der Waals surface area (Å²) >= 11 is 1.44. The Balaban J connectivity index is 1.69.